The molecule has 1 aromatic carbocycles. The summed E-state index contributed by atoms with van der Waals surface area (Å²) < 4.78 is 10.7. The summed E-state index contributed by atoms with van der Waals surface area (Å²) >= 11 is 0. The third kappa shape index (κ3) is 4.69. The van der Waals surface area contributed by atoms with E-state index in [1.807, 2.05) is 13.8 Å². The lowest BCUT2D eigenvalue weighted by atomic mass is 9.79. The van der Waals surface area contributed by atoms with Crippen LogP contribution in [-0.4, -0.2) is 53.1 Å². The Morgan fingerprint density at radius 1 is 1.09 bits per heavy atom. The normalized spacial score (nSPS) is 19.4. The van der Waals surface area contributed by atoms with Gasteiger partial charge < -0.3 is 19.7 Å². The van der Waals surface area contributed by atoms with Gasteiger partial charge in [-0.05, 0) is 63.6 Å². The van der Waals surface area contributed by atoms with Gasteiger partial charge >= 0.3 is 0 Å². The molecule has 1 aliphatic heterocycles. The van der Waals surface area contributed by atoms with Crippen LogP contribution in [-0.2, 0) is 0 Å². The van der Waals surface area contributed by atoms with Gasteiger partial charge in [-0.1, -0.05) is 0 Å². The molecule has 1 fully saturated rings. The molecule has 2 aromatic rings. The Kier molecular flexibility index (Phi) is 6.87. The number of ether oxygens (including phenoxy) is 2. The number of hydrogen-bond acceptors (Lipinski definition) is 6. The topological polar surface area (TPSA) is 93.7 Å². The predicted octanol–water partition coefficient (Wildman–Crippen LogP) is 3.39. The summed E-state index contributed by atoms with van der Waals surface area (Å²) in [6.45, 7) is 6.12. The molecule has 32 heavy (non-hydrogen) atoms. The zero-order valence-electron chi connectivity index (χ0n) is 18.7. The standard InChI is InChI=1S/C24H30N4O4/c1-3-28(4-2)24(30)19-13-25-14-27-22(19)17-7-5-16(6-8-17)12-26-23(29)18-9-10-20-21(11-18)32-15-31-20/h9-11,13-14,16-17H,3-8,12,15H2,1-2H3,(H,26,29). The molecule has 1 aliphatic carbocycles. The monoisotopic (exact) mass is 438 g/mol. The van der Waals surface area contributed by atoms with Gasteiger partial charge in [0.2, 0.25) is 6.79 Å². The van der Waals surface area contributed by atoms with Crippen LogP contribution in [0, 0.1) is 5.92 Å². The minimum Gasteiger partial charge on any atom is -0.454 e. The van der Waals surface area contributed by atoms with Crippen LogP contribution >= 0.6 is 0 Å². The maximum atomic E-state index is 12.9. The van der Waals surface area contributed by atoms with Crippen molar-refractivity contribution in [3.8, 4) is 11.5 Å². The Morgan fingerprint density at radius 2 is 1.84 bits per heavy atom. The lowest BCUT2D eigenvalue weighted by molar-refractivity contribution is 0.0769. The van der Waals surface area contributed by atoms with Gasteiger partial charge in [0.25, 0.3) is 11.8 Å². The molecule has 0 saturated heterocycles. The van der Waals surface area contributed by atoms with Crippen LogP contribution < -0.4 is 14.8 Å². The largest absolute Gasteiger partial charge is 0.454 e. The average Bonchev–Trinajstić information content (AvgIpc) is 3.31. The van der Waals surface area contributed by atoms with E-state index < -0.39 is 0 Å². The van der Waals surface area contributed by atoms with Gasteiger partial charge in [0.05, 0.1) is 11.3 Å². The summed E-state index contributed by atoms with van der Waals surface area (Å²) in [5.41, 5.74) is 2.05. The smallest absolute Gasteiger partial charge is 0.257 e. The third-order valence-corrected chi connectivity index (χ3v) is 6.44. The molecule has 2 aliphatic rings. The first-order chi connectivity index (χ1) is 15.6. The number of benzene rings is 1. The highest BCUT2D eigenvalue weighted by Crippen LogP contribution is 2.36. The second-order valence-electron chi connectivity index (χ2n) is 8.29. The molecular weight excluding hydrogens is 408 g/mol. The second-order valence-corrected chi connectivity index (χ2v) is 8.29. The Bertz CT molecular complexity index is 968. The highest BCUT2D eigenvalue weighted by molar-refractivity contribution is 5.95. The van der Waals surface area contributed by atoms with Crippen molar-refractivity contribution >= 4 is 11.8 Å². The van der Waals surface area contributed by atoms with E-state index >= 15 is 0 Å². The van der Waals surface area contributed by atoms with Gasteiger partial charge in [0, 0.05) is 37.3 Å². The summed E-state index contributed by atoms with van der Waals surface area (Å²) in [6, 6.07) is 5.24. The Labute approximate surface area is 188 Å². The Morgan fingerprint density at radius 3 is 2.59 bits per heavy atom. The molecule has 4 rings (SSSR count). The fourth-order valence-corrected chi connectivity index (χ4v) is 4.53. The molecule has 1 aromatic heterocycles. The molecule has 0 spiro atoms. The number of amides is 2. The van der Waals surface area contributed by atoms with Crippen molar-refractivity contribution in [1.82, 2.24) is 20.2 Å². The van der Waals surface area contributed by atoms with Crippen molar-refractivity contribution in [1.29, 1.82) is 0 Å². The van der Waals surface area contributed by atoms with Gasteiger partial charge in [-0.2, -0.15) is 0 Å². The van der Waals surface area contributed by atoms with Gasteiger partial charge in [0.15, 0.2) is 11.5 Å². The number of nitrogens with zero attached hydrogens (tertiary/aromatic N) is 3. The van der Waals surface area contributed by atoms with E-state index in [0.717, 1.165) is 31.4 Å². The van der Waals surface area contributed by atoms with Crippen LogP contribution in [0.3, 0.4) is 0 Å². The minimum atomic E-state index is -0.103. The average molecular weight is 439 g/mol. The van der Waals surface area contributed by atoms with E-state index in [-0.39, 0.29) is 24.5 Å². The maximum absolute atomic E-state index is 12.9. The van der Waals surface area contributed by atoms with Crippen molar-refractivity contribution < 1.29 is 19.1 Å². The maximum Gasteiger partial charge on any atom is 0.257 e. The molecule has 8 nitrogen and oxygen atoms in total. The highest BCUT2D eigenvalue weighted by Gasteiger charge is 2.28. The van der Waals surface area contributed by atoms with Crippen LogP contribution in [0.5, 0.6) is 11.5 Å². The molecule has 2 heterocycles. The zero-order valence-corrected chi connectivity index (χ0v) is 18.7. The van der Waals surface area contributed by atoms with Crippen LogP contribution in [0.2, 0.25) is 0 Å². The molecule has 170 valence electrons. The quantitative estimate of drug-likeness (QED) is 0.712. The van der Waals surface area contributed by atoms with Crippen molar-refractivity contribution in [3.05, 3.63) is 47.5 Å². The van der Waals surface area contributed by atoms with Crippen LogP contribution in [0.15, 0.2) is 30.7 Å². The number of carbonyl (C=O) groups excluding carboxylic acids is 2. The first-order valence-electron chi connectivity index (χ1n) is 11.4. The third-order valence-electron chi connectivity index (χ3n) is 6.44. The first-order valence-corrected chi connectivity index (χ1v) is 11.4. The van der Waals surface area contributed by atoms with Crippen LogP contribution in [0.1, 0.15) is 71.9 Å². The molecule has 0 bridgehead atoms. The second kappa shape index (κ2) is 9.97. The fraction of sp³-hybridized carbons (Fsp3) is 0.500. The van der Waals surface area contributed by atoms with Gasteiger partial charge in [-0.3, -0.25) is 9.59 Å². The van der Waals surface area contributed by atoms with E-state index in [1.54, 1.807) is 29.3 Å². The van der Waals surface area contributed by atoms with Crippen molar-refractivity contribution in [2.45, 2.75) is 45.4 Å². The molecule has 0 atom stereocenters. The lowest BCUT2D eigenvalue weighted by Gasteiger charge is -2.29. The van der Waals surface area contributed by atoms with Crippen molar-refractivity contribution in [2.75, 3.05) is 26.4 Å². The highest BCUT2D eigenvalue weighted by atomic mass is 16.7. The minimum absolute atomic E-state index is 0.00344. The predicted molar refractivity (Wildman–Crippen MR) is 119 cm³/mol. The Balaban J connectivity index is 1.32. The van der Waals surface area contributed by atoms with Crippen molar-refractivity contribution in [2.24, 2.45) is 5.92 Å². The Hall–Kier alpha value is -3.16. The van der Waals surface area contributed by atoms with E-state index in [0.29, 0.717) is 48.2 Å². The molecule has 1 N–H and O–H groups in total. The zero-order chi connectivity index (χ0) is 22.5. The molecule has 2 amide bonds. The fourth-order valence-electron chi connectivity index (χ4n) is 4.53. The molecule has 1 saturated carbocycles. The number of carbonyl (C=O) groups is 2. The molecule has 0 unspecified atom stereocenters. The number of fused-ring (bicyclic) bond motifs is 1. The number of nitrogens with one attached hydrogen (secondary N) is 1. The van der Waals surface area contributed by atoms with Crippen LogP contribution in [0.25, 0.3) is 0 Å². The number of hydrogen-bond donors (Lipinski definition) is 1. The summed E-state index contributed by atoms with van der Waals surface area (Å²) in [5.74, 6) is 1.83. The van der Waals surface area contributed by atoms with Gasteiger partial charge in [-0.15, -0.1) is 0 Å². The van der Waals surface area contributed by atoms with E-state index in [1.165, 1.54) is 6.33 Å². The summed E-state index contributed by atoms with van der Waals surface area (Å²) in [5, 5.41) is 3.05. The first kappa shape index (κ1) is 22.0. The molecule has 0 radical (unpaired) electrons. The van der Waals surface area contributed by atoms with Crippen molar-refractivity contribution in [3.63, 3.8) is 0 Å². The number of rotatable bonds is 7. The van der Waals surface area contributed by atoms with E-state index in [9.17, 15) is 9.59 Å². The lowest BCUT2D eigenvalue weighted by Crippen LogP contribution is -2.33. The summed E-state index contributed by atoms with van der Waals surface area (Å²) in [6.07, 6.45) is 7.04. The van der Waals surface area contributed by atoms with Crippen LogP contribution in [0.4, 0.5) is 0 Å². The van der Waals surface area contributed by atoms with Gasteiger partial charge in [-0.25, -0.2) is 9.97 Å². The van der Waals surface area contributed by atoms with E-state index in [4.69, 9.17) is 9.47 Å². The van der Waals surface area contributed by atoms with Gasteiger partial charge in [0.1, 0.15) is 6.33 Å². The van der Waals surface area contributed by atoms with E-state index in [2.05, 4.69) is 15.3 Å². The SMILES string of the molecule is CCN(CC)C(=O)c1cncnc1C1CCC(CNC(=O)c2ccc3c(c2)OCO3)CC1. The summed E-state index contributed by atoms with van der Waals surface area (Å²) in [4.78, 5) is 35.8. The molecular formula is C24H30N4O4. The number of aromatic nitrogens is 2. The summed E-state index contributed by atoms with van der Waals surface area (Å²) in [7, 11) is 0. The molecule has 8 heteroatoms.